The molecule has 124 valence electrons. The average Bonchev–Trinajstić information content (AvgIpc) is 2.90. The van der Waals surface area contributed by atoms with Crippen LogP contribution in [0.15, 0.2) is 48.5 Å². The number of amides is 2. The summed E-state index contributed by atoms with van der Waals surface area (Å²) in [5, 5.41) is 0. The van der Waals surface area contributed by atoms with Crippen LogP contribution in [0.2, 0.25) is 0 Å². The highest BCUT2D eigenvalue weighted by Crippen LogP contribution is 2.32. The van der Waals surface area contributed by atoms with Gasteiger partial charge in [0.1, 0.15) is 5.75 Å². The van der Waals surface area contributed by atoms with Gasteiger partial charge >= 0.3 is 0 Å². The van der Waals surface area contributed by atoms with Gasteiger partial charge in [-0.05, 0) is 44.0 Å². The van der Waals surface area contributed by atoms with Crippen molar-refractivity contribution in [3.8, 4) is 5.75 Å². The summed E-state index contributed by atoms with van der Waals surface area (Å²) in [7, 11) is 0. The SMILES string of the molecule is C[C@H](Oc1ccccc1C(N)=O)C(=O)N1c2ccccc2C[C@H]1C. The highest BCUT2D eigenvalue weighted by molar-refractivity contribution is 5.99. The first-order valence-electron chi connectivity index (χ1n) is 7.95. The van der Waals surface area contributed by atoms with E-state index in [1.54, 1.807) is 36.1 Å². The van der Waals surface area contributed by atoms with Crippen molar-refractivity contribution in [1.29, 1.82) is 0 Å². The first kappa shape index (κ1) is 16.1. The summed E-state index contributed by atoms with van der Waals surface area (Å²) in [4.78, 5) is 26.2. The van der Waals surface area contributed by atoms with Crippen LogP contribution in [0.25, 0.3) is 0 Å². The molecular weight excluding hydrogens is 304 g/mol. The Labute approximate surface area is 141 Å². The van der Waals surface area contributed by atoms with Gasteiger partial charge in [-0.3, -0.25) is 9.59 Å². The molecule has 2 N–H and O–H groups in total. The van der Waals surface area contributed by atoms with Gasteiger partial charge < -0.3 is 15.4 Å². The van der Waals surface area contributed by atoms with Crippen molar-refractivity contribution in [3.63, 3.8) is 0 Å². The molecule has 0 fully saturated rings. The number of fused-ring (bicyclic) bond motifs is 1. The Bertz CT molecular complexity index is 788. The molecule has 2 amide bonds. The summed E-state index contributed by atoms with van der Waals surface area (Å²) >= 11 is 0. The highest BCUT2D eigenvalue weighted by atomic mass is 16.5. The fourth-order valence-corrected chi connectivity index (χ4v) is 3.11. The van der Waals surface area contributed by atoms with E-state index in [2.05, 4.69) is 0 Å². The zero-order valence-corrected chi connectivity index (χ0v) is 13.7. The molecule has 3 rings (SSSR count). The Kier molecular flexibility index (Phi) is 4.25. The zero-order chi connectivity index (χ0) is 17.3. The summed E-state index contributed by atoms with van der Waals surface area (Å²) < 4.78 is 5.75. The number of ether oxygens (including phenoxy) is 1. The number of nitrogens with two attached hydrogens (primary N) is 1. The maximum atomic E-state index is 12.9. The van der Waals surface area contributed by atoms with E-state index in [9.17, 15) is 9.59 Å². The second kappa shape index (κ2) is 6.35. The van der Waals surface area contributed by atoms with Gasteiger partial charge in [0.05, 0.1) is 5.56 Å². The van der Waals surface area contributed by atoms with Crippen LogP contribution in [0.4, 0.5) is 5.69 Å². The Morgan fingerprint density at radius 3 is 2.58 bits per heavy atom. The quantitative estimate of drug-likeness (QED) is 0.939. The van der Waals surface area contributed by atoms with Crippen LogP contribution in [-0.4, -0.2) is 24.0 Å². The molecule has 0 spiro atoms. The molecule has 0 aromatic heterocycles. The number of carbonyl (C=O) groups is 2. The van der Waals surface area contributed by atoms with Gasteiger partial charge in [-0.25, -0.2) is 0 Å². The lowest BCUT2D eigenvalue weighted by Gasteiger charge is -2.26. The molecule has 0 radical (unpaired) electrons. The normalized spacial score (nSPS) is 17.2. The number of benzene rings is 2. The van der Waals surface area contributed by atoms with E-state index in [1.807, 2.05) is 31.2 Å². The minimum absolute atomic E-state index is 0.0762. The predicted molar refractivity (Wildman–Crippen MR) is 92.1 cm³/mol. The van der Waals surface area contributed by atoms with E-state index in [4.69, 9.17) is 10.5 Å². The van der Waals surface area contributed by atoms with Gasteiger partial charge in [0.25, 0.3) is 11.8 Å². The standard InChI is InChI=1S/C19H20N2O3/c1-12-11-14-7-3-5-9-16(14)21(12)19(23)13(2)24-17-10-6-4-8-15(17)18(20)22/h3-10,12-13H,11H2,1-2H3,(H2,20,22)/t12-,13+/m1/s1. The van der Waals surface area contributed by atoms with Gasteiger partial charge in [-0.1, -0.05) is 30.3 Å². The van der Waals surface area contributed by atoms with Crippen LogP contribution >= 0.6 is 0 Å². The molecule has 0 saturated carbocycles. The molecule has 5 nitrogen and oxygen atoms in total. The van der Waals surface area contributed by atoms with Crippen LogP contribution in [-0.2, 0) is 11.2 Å². The largest absolute Gasteiger partial charge is 0.480 e. The molecule has 2 aromatic carbocycles. The molecule has 0 aliphatic carbocycles. The first-order valence-corrected chi connectivity index (χ1v) is 7.95. The Hall–Kier alpha value is -2.82. The fourth-order valence-electron chi connectivity index (χ4n) is 3.11. The maximum Gasteiger partial charge on any atom is 0.268 e. The second-order valence-electron chi connectivity index (χ2n) is 6.01. The Balaban J connectivity index is 1.83. The lowest BCUT2D eigenvalue weighted by molar-refractivity contribution is -0.124. The van der Waals surface area contributed by atoms with Gasteiger partial charge in [0, 0.05) is 11.7 Å². The number of nitrogens with zero attached hydrogens (tertiary/aromatic N) is 1. The van der Waals surface area contributed by atoms with Gasteiger partial charge in [0.15, 0.2) is 6.10 Å². The lowest BCUT2D eigenvalue weighted by atomic mass is 10.1. The van der Waals surface area contributed by atoms with E-state index in [1.165, 1.54) is 0 Å². The molecular formula is C19H20N2O3. The van der Waals surface area contributed by atoms with E-state index in [0.717, 1.165) is 17.7 Å². The number of hydrogen-bond donors (Lipinski definition) is 1. The molecule has 2 aromatic rings. The van der Waals surface area contributed by atoms with Crippen molar-refractivity contribution >= 4 is 17.5 Å². The number of para-hydroxylation sites is 2. The van der Waals surface area contributed by atoms with Crippen molar-refractivity contribution in [3.05, 3.63) is 59.7 Å². The van der Waals surface area contributed by atoms with Gasteiger partial charge in [-0.2, -0.15) is 0 Å². The minimum atomic E-state index is -0.723. The zero-order valence-electron chi connectivity index (χ0n) is 13.7. The number of rotatable bonds is 4. The second-order valence-corrected chi connectivity index (χ2v) is 6.01. The van der Waals surface area contributed by atoms with Crippen molar-refractivity contribution in [2.75, 3.05) is 4.90 Å². The molecule has 24 heavy (non-hydrogen) atoms. The van der Waals surface area contributed by atoms with Crippen LogP contribution in [0.1, 0.15) is 29.8 Å². The van der Waals surface area contributed by atoms with E-state index in [0.29, 0.717) is 5.75 Å². The molecule has 0 saturated heterocycles. The summed E-state index contributed by atoms with van der Waals surface area (Å²) in [5.74, 6) is -0.386. The molecule has 5 heteroatoms. The summed E-state index contributed by atoms with van der Waals surface area (Å²) in [6, 6.07) is 14.6. The van der Waals surface area contributed by atoms with Crippen LogP contribution < -0.4 is 15.4 Å². The monoisotopic (exact) mass is 324 g/mol. The first-order chi connectivity index (χ1) is 11.5. The van der Waals surface area contributed by atoms with Crippen molar-refractivity contribution in [2.45, 2.75) is 32.4 Å². The number of anilines is 1. The molecule has 2 atom stereocenters. The van der Waals surface area contributed by atoms with Crippen molar-refractivity contribution in [2.24, 2.45) is 5.73 Å². The van der Waals surface area contributed by atoms with Crippen LogP contribution in [0, 0.1) is 0 Å². The number of primary amides is 1. The molecule has 1 heterocycles. The van der Waals surface area contributed by atoms with Gasteiger partial charge in [0.2, 0.25) is 0 Å². The third-order valence-corrected chi connectivity index (χ3v) is 4.25. The number of carbonyl (C=O) groups excluding carboxylic acids is 2. The highest BCUT2D eigenvalue weighted by Gasteiger charge is 2.34. The van der Waals surface area contributed by atoms with Crippen molar-refractivity contribution in [1.82, 2.24) is 0 Å². The summed E-state index contributed by atoms with van der Waals surface area (Å²) in [6.45, 7) is 3.70. The molecule has 0 bridgehead atoms. The third-order valence-electron chi connectivity index (χ3n) is 4.25. The topological polar surface area (TPSA) is 72.6 Å². The smallest absolute Gasteiger partial charge is 0.268 e. The predicted octanol–water partition coefficient (Wildman–Crippen LogP) is 2.53. The van der Waals surface area contributed by atoms with E-state index >= 15 is 0 Å². The third kappa shape index (κ3) is 2.85. The van der Waals surface area contributed by atoms with Crippen molar-refractivity contribution < 1.29 is 14.3 Å². The molecule has 0 unspecified atom stereocenters. The Morgan fingerprint density at radius 1 is 1.17 bits per heavy atom. The lowest BCUT2D eigenvalue weighted by Crippen LogP contribution is -2.43. The molecule has 1 aliphatic rings. The van der Waals surface area contributed by atoms with E-state index < -0.39 is 12.0 Å². The van der Waals surface area contributed by atoms with Gasteiger partial charge in [-0.15, -0.1) is 0 Å². The maximum absolute atomic E-state index is 12.9. The minimum Gasteiger partial charge on any atom is -0.480 e. The summed E-state index contributed by atoms with van der Waals surface area (Å²) in [5.41, 5.74) is 7.71. The summed E-state index contributed by atoms with van der Waals surface area (Å²) in [6.07, 6.45) is 0.103. The van der Waals surface area contributed by atoms with E-state index in [-0.39, 0.29) is 17.5 Å². The fraction of sp³-hybridized carbons (Fsp3) is 0.263. The van der Waals surface area contributed by atoms with Crippen LogP contribution in [0.3, 0.4) is 0 Å². The van der Waals surface area contributed by atoms with Crippen LogP contribution in [0.5, 0.6) is 5.75 Å². The average molecular weight is 324 g/mol. The molecule has 1 aliphatic heterocycles. The Morgan fingerprint density at radius 2 is 1.83 bits per heavy atom. The number of hydrogen-bond acceptors (Lipinski definition) is 3.